The minimum absolute atomic E-state index is 0.0226. The molecular weight excluding hydrogens is 484 g/mol. The average Bonchev–Trinajstić information content (AvgIpc) is 3.20. The summed E-state index contributed by atoms with van der Waals surface area (Å²) >= 11 is 0. The number of esters is 1. The molecule has 1 heterocycles. The van der Waals surface area contributed by atoms with Gasteiger partial charge in [0, 0.05) is 12.1 Å². The molecule has 0 bridgehead atoms. The molecule has 2 aromatic rings. The summed E-state index contributed by atoms with van der Waals surface area (Å²) in [6.45, 7) is 9.70. The number of amides is 1. The van der Waals surface area contributed by atoms with E-state index < -0.39 is 23.7 Å². The van der Waals surface area contributed by atoms with E-state index in [1.54, 1.807) is 48.5 Å². The molecule has 0 aromatic heterocycles. The number of hydrogen-bond donors (Lipinski definition) is 1. The van der Waals surface area contributed by atoms with Crippen LogP contribution in [0.2, 0.25) is 0 Å². The molecular formula is C30H38N2O6. The lowest BCUT2D eigenvalue weighted by molar-refractivity contribution is -0.140. The van der Waals surface area contributed by atoms with Crippen LogP contribution in [0.4, 0.5) is 0 Å². The summed E-state index contributed by atoms with van der Waals surface area (Å²) < 4.78 is 10.6. The van der Waals surface area contributed by atoms with E-state index in [2.05, 4.69) is 25.7 Å². The van der Waals surface area contributed by atoms with E-state index in [0.717, 1.165) is 32.5 Å². The highest BCUT2D eigenvalue weighted by Gasteiger charge is 2.45. The molecule has 204 valence electrons. The summed E-state index contributed by atoms with van der Waals surface area (Å²) in [6, 6.07) is 12.7. The molecule has 2 aromatic carbocycles. The minimum Gasteiger partial charge on any atom is -0.507 e. The van der Waals surface area contributed by atoms with E-state index >= 15 is 0 Å². The van der Waals surface area contributed by atoms with Crippen LogP contribution in [0.15, 0.2) is 54.1 Å². The van der Waals surface area contributed by atoms with E-state index in [9.17, 15) is 19.5 Å². The van der Waals surface area contributed by atoms with Gasteiger partial charge in [-0.15, -0.1) is 0 Å². The number of ether oxygens (including phenoxy) is 2. The smallest absolute Gasteiger partial charge is 0.337 e. The van der Waals surface area contributed by atoms with Gasteiger partial charge in [-0.1, -0.05) is 51.5 Å². The highest BCUT2D eigenvalue weighted by Crippen LogP contribution is 2.40. The Morgan fingerprint density at radius 1 is 1.00 bits per heavy atom. The Labute approximate surface area is 224 Å². The molecule has 0 radical (unpaired) electrons. The molecule has 1 unspecified atom stereocenters. The van der Waals surface area contributed by atoms with Crippen LogP contribution < -0.4 is 4.74 Å². The third-order valence-corrected chi connectivity index (χ3v) is 6.83. The molecule has 0 aliphatic carbocycles. The van der Waals surface area contributed by atoms with Crippen molar-refractivity contribution in [2.24, 2.45) is 0 Å². The fourth-order valence-corrected chi connectivity index (χ4v) is 4.60. The summed E-state index contributed by atoms with van der Waals surface area (Å²) in [6.07, 6.45) is 2.56. The number of hydrogen-bond acceptors (Lipinski definition) is 7. The largest absolute Gasteiger partial charge is 0.507 e. The number of methoxy groups -OCH3 is 1. The van der Waals surface area contributed by atoms with E-state index in [1.165, 1.54) is 12.0 Å². The molecule has 1 aliphatic heterocycles. The number of ketones is 1. The van der Waals surface area contributed by atoms with Crippen molar-refractivity contribution in [1.82, 2.24) is 9.80 Å². The number of aliphatic hydroxyl groups excluding tert-OH is 1. The van der Waals surface area contributed by atoms with E-state index in [-0.39, 0.29) is 11.3 Å². The lowest BCUT2D eigenvalue weighted by Gasteiger charge is -2.27. The quantitative estimate of drug-likeness (QED) is 0.133. The molecule has 1 saturated heterocycles. The van der Waals surface area contributed by atoms with Crippen molar-refractivity contribution in [2.45, 2.75) is 46.1 Å². The number of benzene rings is 2. The number of nitrogens with zero attached hydrogens (tertiary/aromatic N) is 2. The van der Waals surface area contributed by atoms with Crippen molar-refractivity contribution in [3.8, 4) is 5.75 Å². The van der Waals surface area contributed by atoms with Crippen LogP contribution in [0.1, 0.15) is 67.6 Å². The van der Waals surface area contributed by atoms with Crippen LogP contribution in [0.5, 0.6) is 5.75 Å². The number of carbonyl (C=O) groups is 3. The number of aliphatic hydroxyl groups is 1. The maximum Gasteiger partial charge on any atom is 0.337 e. The molecule has 1 fully saturated rings. The Hall–Kier alpha value is -3.65. The van der Waals surface area contributed by atoms with E-state index in [1.807, 2.05) is 0 Å². The van der Waals surface area contributed by atoms with Gasteiger partial charge in [0.15, 0.2) is 0 Å². The molecule has 1 aliphatic rings. The third-order valence-electron chi connectivity index (χ3n) is 6.83. The van der Waals surface area contributed by atoms with Crippen molar-refractivity contribution in [3.63, 3.8) is 0 Å². The Bertz CT molecular complexity index is 1150. The standard InChI is InChI=1S/C30H38N2O6/c1-5-8-19-38-24-12-9-11-23(20-24)27(33)25-26(21-13-15-22(16-14-21)30(36)37-4)32(29(35)28(25)34)18-10-17-31(6-2)7-3/h9,11-16,20,26,33H,5-8,10,17-19H2,1-4H3/b27-25+. The van der Waals surface area contributed by atoms with Crippen molar-refractivity contribution >= 4 is 23.4 Å². The van der Waals surface area contributed by atoms with Gasteiger partial charge in [0.25, 0.3) is 11.7 Å². The van der Waals surface area contributed by atoms with Gasteiger partial charge in [0.1, 0.15) is 11.5 Å². The zero-order valence-electron chi connectivity index (χ0n) is 22.7. The van der Waals surface area contributed by atoms with Crippen LogP contribution in [0.25, 0.3) is 5.76 Å². The molecule has 1 atom stereocenters. The number of likely N-dealkylation sites (tertiary alicyclic amines) is 1. The van der Waals surface area contributed by atoms with Crippen LogP contribution in [-0.4, -0.2) is 72.5 Å². The van der Waals surface area contributed by atoms with Crippen molar-refractivity contribution in [3.05, 3.63) is 70.8 Å². The van der Waals surface area contributed by atoms with E-state index in [0.29, 0.717) is 42.0 Å². The van der Waals surface area contributed by atoms with Gasteiger partial charge in [0.2, 0.25) is 0 Å². The highest BCUT2D eigenvalue weighted by atomic mass is 16.5. The second-order valence-corrected chi connectivity index (χ2v) is 9.22. The lowest BCUT2D eigenvalue weighted by atomic mass is 9.94. The van der Waals surface area contributed by atoms with Crippen molar-refractivity contribution < 1.29 is 29.0 Å². The summed E-state index contributed by atoms with van der Waals surface area (Å²) in [5, 5.41) is 11.4. The number of rotatable bonds is 13. The van der Waals surface area contributed by atoms with Crippen LogP contribution in [0.3, 0.4) is 0 Å². The third kappa shape index (κ3) is 6.61. The zero-order chi connectivity index (χ0) is 27.7. The zero-order valence-corrected chi connectivity index (χ0v) is 22.7. The molecule has 8 nitrogen and oxygen atoms in total. The first-order valence-corrected chi connectivity index (χ1v) is 13.3. The molecule has 1 N–H and O–H groups in total. The van der Waals surface area contributed by atoms with Crippen LogP contribution in [-0.2, 0) is 14.3 Å². The molecule has 0 saturated carbocycles. The average molecular weight is 523 g/mol. The molecule has 0 spiro atoms. The van der Waals surface area contributed by atoms with Gasteiger partial charge in [0.05, 0.1) is 30.9 Å². The van der Waals surface area contributed by atoms with Crippen LogP contribution >= 0.6 is 0 Å². The Morgan fingerprint density at radius 3 is 2.34 bits per heavy atom. The Kier molecular flexibility index (Phi) is 10.5. The van der Waals surface area contributed by atoms with Gasteiger partial charge in [-0.05, 0) is 62.3 Å². The monoisotopic (exact) mass is 522 g/mol. The molecule has 3 rings (SSSR count). The number of carbonyl (C=O) groups excluding carboxylic acids is 3. The molecule has 8 heteroatoms. The fraction of sp³-hybridized carbons (Fsp3) is 0.433. The first kappa shape index (κ1) is 28.9. The Balaban J connectivity index is 2.02. The van der Waals surface area contributed by atoms with Gasteiger partial charge in [-0.25, -0.2) is 4.79 Å². The van der Waals surface area contributed by atoms with Gasteiger partial charge < -0.3 is 24.4 Å². The molecule has 1 amide bonds. The first-order valence-electron chi connectivity index (χ1n) is 13.3. The van der Waals surface area contributed by atoms with Gasteiger partial charge in [-0.3, -0.25) is 9.59 Å². The minimum atomic E-state index is -0.789. The van der Waals surface area contributed by atoms with Crippen molar-refractivity contribution in [2.75, 3.05) is 39.9 Å². The highest BCUT2D eigenvalue weighted by molar-refractivity contribution is 6.46. The van der Waals surface area contributed by atoms with E-state index in [4.69, 9.17) is 9.47 Å². The topological polar surface area (TPSA) is 96.4 Å². The summed E-state index contributed by atoms with van der Waals surface area (Å²) in [4.78, 5) is 42.3. The normalized spacial score (nSPS) is 16.8. The summed E-state index contributed by atoms with van der Waals surface area (Å²) in [5.74, 6) is -1.54. The fourth-order valence-electron chi connectivity index (χ4n) is 4.60. The predicted octanol–water partition coefficient (Wildman–Crippen LogP) is 4.81. The van der Waals surface area contributed by atoms with Gasteiger partial charge in [-0.2, -0.15) is 0 Å². The SMILES string of the molecule is CCCCOc1cccc(/C(O)=C2\C(=O)C(=O)N(CCCN(CC)CC)C2c2ccc(C(=O)OC)cc2)c1. The lowest BCUT2D eigenvalue weighted by Crippen LogP contribution is -2.33. The maximum atomic E-state index is 13.3. The number of unbranched alkanes of at least 4 members (excludes halogenated alkanes) is 1. The molecule has 38 heavy (non-hydrogen) atoms. The maximum absolute atomic E-state index is 13.3. The number of Topliss-reactive ketones (excluding diaryl/α,β-unsaturated/α-hetero) is 1. The van der Waals surface area contributed by atoms with Crippen LogP contribution in [0, 0.1) is 0 Å². The first-order chi connectivity index (χ1) is 18.4. The van der Waals surface area contributed by atoms with Crippen molar-refractivity contribution in [1.29, 1.82) is 0 Å². The second-order valence-electron chi connectivity index (χ2n) is 9.22. The summed E-state index contributed by atoms with van der Waals surface area (Å²) in [5.41, 5.74) is 1.40. The predicted molar refractivity (Wildman–Crippen MR) is 146 cm³/mol. The summed E-state index contributed by atoms with van der Waals surface area (Å²) in [7, 11) is 1.31. The Morgan fingerprint density at radius 2 is 1.71 bits per heavy atom. The van der Waals surface area contributed by atoms with Gasteiger partial charge >= 0.3 is 5.97 Å². The second kappa shape index (κ2) is 13.8.